The number of aromatic nitrogens is 5. The van der Waals surface area contributed by atoms with Gasteiger partial charge < -0.3 is 13.7 Å². The highest BCUT2D eigenvalue weighted by atomic mass is 15.1. The molecule has 0 atom stereocenters. The van der Waals surface area contributed by atoms with Gasteiger partial charge in [-0.05, 0) is 131 Å². The lowest BCUT2D eigenvalue weighted by Crippen LogP contribution is -2.03. The van der Waals surface area contributed by atoms with Crippen LogP contribution in [0.5, 0.6) is 0 Å². The molecular weight excluding hydrogens is 975 g/mol. The van der Waals surface area contributed by atoms with Gasteiger partial charge in [-0.25, -0.2) is 4.98 Å². The van der Waals surface area contributed by atoms with Gasteiger partial charge in [-0.3, -0.25) is 4.57 Å². The Labute approximate surface area is 459 Å². The van der Waals surface area contributed by atoms with E-state index in [1.165, 1.54) is 43.6 Å². The van der Waals surface area contributed by atoms with Crippen molar-refractivity contribution in [1.29, 1.82) is 10.5 Å². The lowest BCUT2D eigenvalue weighted by Gasteiger charge is -2.17. The van der Waals surface area contributed by atoms with Crippen LogP contribution in [0.25, 0.3) is 143 Å². The van der Waals surface area contributed by atoms with E-state index >= 15 is 0 Å². The largest absolute Gasteiger partial charge is 0.309 e. The SMILES string of the molecule is N#Cc1ccc(-c2cc(-n3c4ccccc4c4cc(-c5ccc(-n6c7ccccc7c7ccccc76)cc5)ccc43)ncc2-n2c3ccccc3c3cc(-c4ccc(-n5c6ccccc6c6ccccc65)cc4)ccc32)cc1C#N. The Hall–Kier alpha value is -11.3. The van der Waals surface area contributed by atoms with Crippen molar-refractivity contribution in [2.75, 3.05) is 0 Å². The zero-order valence-corrected chi connectivity index (χ0v) is 43.0. The summed E-state index contributed by atoms with van der Waals surface area (Å²) in [6, 6.07) is 94.8. The number of fused-ring (bicyclic) bond motifs is 12. The van der Waals surface area contributed by atoms with Crippen molar-refractivity contribution in [2.45, 2.75) is 0 Å². The number of nitriles is 2. The predicted octanol–water partition coefficient (Wildman–Crippen LogP) is 18.2. The van der Waals surface area contributed by atoms with Gasteiger partial charge in [0.2, 0.25) is 0 Å². The number of nitrogens with zero attached hydrogens (tertiary/aromatic N) is 7. The van der Waals surface area contributed by atoms with Gasteiger partial charge in [0.25, 0.3) is 0 Å². The van der Waals surface area contributed by atoms with Gasteiger partial charge in [-0.15, -0.1) is 0 Å². The van der Waals surface area contributed by atoms with Crippen LogP contribution in [0, 0.1) is 22.7 Å². The molecule has 0 amide bonds. The summed E-state index contributed by atoms with van der Waals surface area (Å²) in [4.78, 5) is 5.36. The van der Waals surface area contributed by atoms with Gasteiger partial charge >= 0.3 is 0 Å². The highest BCUT2D eigenvalue weighted by molar-refractivity contribution is 6.13. The maximum absolute atomic E-state index is 10.4. The first-order chi connectivity index (χ1) is 39.6. The maximum Gasteiger partial charge on any atom is 0.138 e. The van der Waals surface area contributed by atoms with E-state index in [-0.39, 0.29) is 0 Å². The topological polar surface area (TPSA) is 80.2 Å². The number of hydrogen-bond acceptors (Lipinski definition) is 3. The standard InChI is InChI=1S/C73H43N7/c74-43-51-26-25-50(39-52(51)44-75)61-42-73(80-69-24-12-6-18-60(69)63-41-49(32-38-71(63)80)47-29-35-54(36-30-47)78-66-21-9-3-15-57(66)58-16-4-10-22-67(58)78)76-45-72(61)79-68-23-11-5-17-59(68)62-40-48(31-37-70(62)79)46-27-33-53(34-28-46)77-64-19-7-1-13-55(64)56-14-2-8-20-65(56)77/h1-42,45H. The Morgan fingerprint density at radius 2 is 0.625 bits per heavy atom. The highest BCUT2D eigenvalue weighted by Gasteiger charge is 2.22. The minimum absolute atomic E-state index is 0.317. The van der Waals surface area contributed by atoms with E-state index in [0.717, 1.165) is 99.9 Å². The molecule has 0 fully saturated rings. The Kier molecular flexibility index (Phi) is 9.93. The van der Waals surface area contributed by atoms with Gasteiger partial charge in [-0.2, -0.15) is 10.5 Å². The quantitative estimate of drug-likeness (QED) is 0.160. The zero-order valence-electron chi connectivity index (χ0n) is 43.0. The molecule has 0 bridgehead atoms. The van der Waals surface area contributed by atoms with E-state index in [1.54, 1.807) is 6.07 Å². The molecule has 16 rings (SSSR count). The molecule has 16 aromatic rings. The van der Waals surface area contributed by atoms with Gasteiger partial charge in [0, 0.05) is 60.0 Å². The molecule has 80 heavy (non-hydrogen) atoms. The molecule has 5 heterocycles. The average Bonchev–Trinajstić information content (AvgIpc) is 4.31. The third-order valence-corrected chi connectivity index (χ3v) is 16.3. The van der Waals surface area contributed by atoms with Gasteiger partial charge in [0.15, 0.2) is 0 Å². The smallest absolute Gasteiger partial charge is 0.138 e. The third-order valence-electron chi connectivity index (χ3n) is 16.3. The van der Waals surface area contributed by atoms with Gasteiger partial charge in [-0.1, -0.05) is 152 Å². The molecule has 0 aliphatic rings. The molecular formula is C73H43N7. The summed E-state index contributed by atoms with van der Waals surface area (Å²) in [7, 11) is 0. The maximum atomic E-state index is 10.4. The van der Waals surface area contributed by atoms with Crippen LogP contribution in [0.2, 0.25) is 0 Å². The predicted molar refractivity (Wildman–Crippen MR) is 327 cm³/mol. The molecule has 0 saturated heterocycles. The number of benzene rings is 11. The molecule has 370 valence electrons. The summed E-state index contributed by atoms with van der Waals surface area (Å²) in [6.07, 6.45) is 1.97. The summed E-state index contributed by atoms with van der Waals surface area (Å²) in [5.74, 6) is 0.730. The van der Waals surface area contributed by atoms with E-state index in [9.17, 15) is 10.5 Å². The van der Waals surface area contributed by atoms with Gasteiger partial charge in [0.1, 0.15) is 18.0 Å². The molecule has 11 aromatic carbocycles. The normalized spacial score (nSPS) is 11.7. The molecule has 0 aliphatic heterocycles. The minimum Gasteiger partial charge on any atom is -0.309 e. The van der Waals surface area contributed by atoms with E-state index in [1.807, 2.05) is 18.3 Å². The molecule has 5 aromatic heterocycles. The van der Waals surface area contributed by atoms with E-state index < -0.39 is 0 Å². The Bertz CT molecular complexity index is 5220. The average molecular weight is 1020 g/mol. The van der Waals surface area contributed by atoms with E-state index in [0.29, 0.717) is 11.1 Å². The Morgan fingerprint density at radius 1 is 0.275 bits per heavy atom. The summed E-state index contributed by atoms with van der Waals surface area (Å²) < 4.78 is 9.23. The van der Waals surface area contributed by atoms with Crippen molar-refractivity contribution >= 4 is 87.2 Å². The van der Waals surface area contributed by atoms with Crippen LogP contribution in [-0.4, -0.2) is 23.3 Å². The molecule has 7 heteroatoms. The second-order valence-corrected chi connectivity index (χ2v) is 20.5. The van der Waals surface area contributed by atoms with Crippen molar-refractivity contribution in [3.63, 3.8) is 0 Å². The number of rotatable bonds is 7. The van der Waals surface area contributed by atoms with Crippen LogP contribution in [0.4, 0.5) is 0 Å². The lowest BCUT2D eigenvalue weighted by atomic mass is 9.99. The van der Waals surface area contributed by atoms with Gasteiger partial charge in [0.05, 0.1) is 67.1 Å². The minimum atomic E-state index is 0.317. The fourth-order valence-corrected chi connectivity index (χ4v) is 12.7. The van der Waals surface area contributed by atoms with Crippen LogP contribution in [0.1, 0.15) is 11.1 Å². The molecule has 0 aliphatic carbocycles. The first kappa shape index (κ1) is 45.0. The van der Waals surface area contributed by atoms with Crippen molar-refractivity contribution in [1.82, 2.24) is 23.3 Å². The second-order valence-electron chi connectivity index (χ2n) is 20.5. The monoisotopic (exact) mass is 1020 g/mol. The summed E-state index contributed by atoms with van der Waals surface area (Å²) in [6.45, 7) is 0. The lowest BCUT2D eigenvalue weighted by molar-refractivity contribution is 1.06. The molecule has 0 spiro atoms. The summed E-state index contributed by atoms with van der Waals surface area (Å²) in [5, 5.41) is 29.8. The molecule has 0 saturated carbocycles. The van der Waals surface area contributed by atoms with Crippen LogP contribution in [0.15, 0.2) is 261 Å². The van der Waals surface area contributed by atoms with Crippen molar-refractivity contribution in [3.05, 3.63) is 272 Å². The Balaban J connectivity index is 0.821. The van der Waals surface area contributed by atoms with Crippen molar-refractivity contribution in [3.8, 4) is 68.4 Å². The fraction of sp³-hybridized carbons (Fsp3) is 0. The zero-order chi connectivity index (χ0) is 53.0. The van der Waals surface area contributed by atoms with Crippen molar-refractivity contribution in [2.24, 2.45) is 0 Å². The van der Waals surface area contributed by atoms with E-state index in [4.69, 9.17) is 4.98 Å². The number of hydrogen-bond donors (Lipinski definition) is 0. The molecule has 0 radical (unpaired) electrons. The first-order valence-electron chi connectivity index (χ1n) is 26.8. The Morgan fingerprint density at radius 3 is 1.06 bits per heavy atom. The van der Waals surface area contributed by atoms with Crippen LogP contribution < -0.4 is 0 Å². The summed E-state index contributed by atoms with van der Waals surface area (Å²) in [5.41, 5.74) is 18.7. The first-order valence-corrected chi connectivity index (χ1v) is 26.8. The van der Waals surface area contributed by atoms with Crippen LogP contribution >= 0.6 is 0 Å². The third kappa shape index (κ3) is 6.75. The number of pyridine rings is 1. The van der Waals surface area contributed by atoms with E-state index in [2.05, 4.69) is 267 Å². The highest BCUT2D eigenvalue weighted by Crippen LogP contribution is 2.42. The second kappa shape index (κ2) is 17.7. The fourth-order valence-electron chi connectivity index (χ4n) is 12.7. The van der Waals surface area contributed by atoms with Crippen molar-refractivity contribution < 1.29 is 0 Å². The van der Waals surface area contributed by atoms with Crippen LogP contribution in [0.3, 0.4) is 0 Å². The molecule has 0 unspecified atom stereocenters. The van der Waals surface area contributed by atoms with Crippen LogP contribution in [-0.2, 0) is 0 Å². The molecule has 7 nitrogen and oxygen atoms in total. The number of para-hydroxylation sites is 6. The summed E-state index contributed by atoms with van der Waals surface area (Å²) >= 11 is 0. The molecule has 0 N–H and O–H groups in total.